The van der Waals surface area contributed by atoms with E-state index in [2.05, 4.69) is 28.8 Å². The van der Waals surface area contributed by atoms with Crippen LogP contribution in [0, 0.1) is 5.92 Å². The van der Waals surface area contributed by atoms with Crippen LogP contribution in [0.4, 0.5) is 4.79 Å². The predicted octanol–water partition coefficient (Wildman–Crippen LogP) is 2.39. The quantitative estimate of drug-likeness (QED) is 0.837. The number of nitrogens with zero attached hydrogens (tertiary/aromatic N) is 1. The van der Waals surface area contributed by atoms with Crippen molar-refractivity contribution >= 4 is 6.09 Å². The number of carbonyl (C=O) groups excluding carboxylic acids is 1. The van der Waals surface area contributed by atoms with Gasteiger partial charge in [0.1, 0.15) is 0 Å². The van der Waals surface area contributed by atoms with E-state index in [1.54, 1.807) is 0 Å². The fraction of sp³-hybridized carbons (Fsp3) is 0.929. The SMILES string of the molecule is COC(=O)NC[C@@H]1CC[C@@]2(CC(C)C)CCCN12. The summed E-state index contributed by atoms with van der Waals surface area (Å²) in [4.78, 5) is 13.8. The number of alkyl carbamates (subject to hydrolysis) is 1. The highest BCUT2D eigenvalue weighted by Crippen LogP contribution is 2.45. The number of hydrogen-bond donors (Lipinski definition) is 1. The molecular formula is C14H26N2O2. The number of rotatable bonds is 4. The fourth-order valence-electron chi connectivity index (χ4n) is 3.96. The number of amides is 1. The monoisotopic (exact) mass is 254 g/mol. The molecule has 0 aromatic rings. The van der Waals surface area contributed by atoms with Crippen molar-refractivity contribution in [2.24, 2.45) is 5.92 Å². The Morgan fingerprint density at radius 2 is 2.28 bits per heavy atom. The van der Waals surface area contributed by atoms with Gasteiger partial charge in [-0.05, 0) is 44.6 Å². The molecule has 4 heteroatoms. The molecule has 2 heterocycles. The summed E-state index contributed by atoms with van der Waals surface area (Å²) in [6, 6.07) is 0.505. The molecule has 4 nitrogen and oxygen atoms in total. The van der Waals surface area contributed by atoms with Gasteiger partial charge in [0.05, 0.1) is 7.11 Å². The van der Waals surface area contributed by atoms with E-state index in [4.69, 9.17) is 0 Å². The van der Waals surface area contributed by atoms with Gasteiger partial charge in [-0.25, -0.2) is 4.79 Å². The number of methoxy groups -OCH3 is 1. The molecule has 0 aromatic carbocycles. The summed E-state index contributed by atoms with van der Waals surface area (Å²) >= 11 is 0. The first-order valence-corrected chi connectivity index (χ1v) is 7.16. The maximum Gasteiger partial charge on any atom is 0.406 e. The number of carbonyl (C=O) groups is 1. The van der Waals surface area contributed by atoms with Crippen LogP contribution in [0.15, 0.2) is 0 Å². The van der Waals surface area contributed by atoms with Gasteiger partial charge < -0.3 is 10.1 Å². The van der Waals surface area contributed by atoms with E-state index >= 15 is 0 Å². The molecule has 2 rings (SSSR count). The van der Waals surface area contributed by atoms with Crippen LogP contribution in [0.25, 0.3) is 0 Å². The Kier molecular flexibility index (Phi) is 4.15. The molecule has 1 amide bonds. The van der Waals surface area contributed by atoms with Crippen LogP contribution in [0.3, 0.4) is 0 Å². The Morgan fingerprint density at radius 3 is 2.94 bits per heavy atom. The van der Waals surface area contributed by atoms with E-state index in [0.717, 1.165) is 12.5 Å². The molecule has 2 aliphatic rings. The third kappa shape index (κ3) is 2.63. The third-order valence-electron chi connectivity index (χ3n) is 4.49. The number of ether oxygens (including phenoxy) is 1. The highest BCUT2D eigenvalue weighted by Gasteiger charge is 2.48. The molecular weight excluding hydrogens is 228 g/mol. The lowest BCUT2D eigenvalue weighted by molar-refractivity contribution is 0.121. The molecule has 0 radical (unpaired) electrons. The van der Waals surface area contributed by atoms with Gasteiger partial charge >= 0.3 is 6.09 Å². The standard InChI is InChI=1S/C14H26N2O2/c1-11(2)9-14-6-4-8-16(14)12(5-7-14)10-15-13(17)18-3/h11-12H,4-10H2,1-3H3,(H,15,17)/t12-,14+/m0/s1. The second-order valence-electron chi connectivity index (χ2n) is 6.18. The van der Waals surface area contributed by atoms with Crippen molar-refractivity contribution in [1.82, 2.24) is 10.2 Å². The van der Waals surface area contributed by atoms with Gasteiger partial charge in [0.15, 0.2) is 0 Å². The molecule has 0 bridgehead atoms. The average molecular weight is 254 g/mol. The first kappa shape index (κ1) is 13.7. The van der Waals surface area contributed by atoms with Gasteiger partial charge in [0.2, 0.25) is 0 Å². The van der Waals surface area contributed by atoms with Crippen molar-refractivity contribution in [3.8, 4) is 0 Å². The molecule has 104 valence electrons. The van der Waals surface area contributed by atoms with Gasteiger partial charge in [0.25, 0.3) is 0 Å². The zero-order chi connectivity index (χ0) is 13.2. The smallest absolute Gasteiger partial charge is 0.406 e. The fourth-order valence-corrected chi connectivity index (χ4v) is 3.96. The lowest BCUT2D eigenvalue weighted by Crippen LogP contribution is -2.47. The second kappa shape index (κ2) is 5.47. The Hall–Kier alpha value is -0.770. The van der Waals surface area contributed by atoms with Crippen LogP contribution >= 0.6 is 0 Å². The molecule has 0 saturated carbocycles. The van der Waals surface area contributed by atoms with Crippen molar-refractivity contribution in [1.29, 1.82) is 0 Å². The van der Waals surface area contributed by atoms with Crippen molar-refractivity contribution in [2.75, 3.05) is 20.2 Å². The van der Waals surface area contributed by atoms with Gasteiger partial charge in [0, 0.05) is 18.1 Å². The Morgan fingerprint density at radius 1 is 1.50 bits per heavy atom. The maximum atomic E-state index is 11.2. The third-order valence-corrected chi connectivity index (χ3v) is 4.49. The highest BCUT2D eigenvalue weighted by molar-refractivity contribution is 5.66. The maximum absolute atomic E-state index is 11.2. The Bertz CT molecular complexity index is 306. The van der Waals surface area contributed by atoms with E-state index < -0.39 is 0 Å². The van der Waals surface area contributed by atoms with Gasteiger partial charge in [-0.2, -0.15) is 0 Å². The van der Waals surface area contributed by atoms with E-state index in [1.807, 2.05) is 0 Å². The lowest BCUT2D eigenvalue weighted by atomic mass is 9.85. The summed E-state index contributed by atoms with van der Waals surface area (Å²) < 4.78 is 4.64. The summed E-state index contributed by atoms with van der Waals surface area (Å²) in [5.41, 5.74) is 0.427. The molecule has 2 saturated heterocycles. The van der Waals surface area contributed by atoms with Crippen LogP contribution in [-0.2, 0) is 4.74 Å². The van der Waals surface area contributed by atoms with E-state index in [-0.39, 0.29) is 6.09 Å². The van der Waals surface area contributed by atoms with Gasteiger partial charge in [-0.1, -0.05) is 13.8 Å². The van der Waals surface area contributed by atoms with Gasteiger partial charge in [-0.15, -0.1) is 0 Å². The lowest BCUT2D eigenvalue weighted by Gasteiger charge is -2.36. The largest absolute Gasteiger partial charge is 0.453 e. The van der Waals surface area contributed by atoms with Crippen LogP contribution < -0.4 is 5.32 Å². The molecule has 1 N–H and O–H groups in total. The molecule has 0 spiro atoms. The molecule has 2 aliphatic heterocycles. The van der Waals surface area contributed by atoms with Crippen molar-refractivity contribution in [3.05, 3.63) is 0 Å². The minimum absolute atomic E-state index is 0.310. The predicted molar refractivity (Wildman–Crippen MR) is 71.6 cm³/mol. The zero-order valence-corrected chi connectivity index (χ0v) is 11.9. The van der Waals surface area contributed by atoms with E-state index in [0.29, 0.717) is 11.6 Å². The summed E-state index contributed by atoms with van der Waals surface area (Å²) in [6.45, 7) is 6.54. The van der Waals surface area contributed by atoms with Gasteiger partial charge in [-0.3, -0.25) is 4.90 Å². The van der Waals surface area contributed by atoms with Crippen molar-refractivity contribution in [3.63, 3.8) is 0 Å². The number of fused-ring (bicyclic) bond motifs is 1. The zero-order valence-electron chi connectivity index (χ0n) is 11.9. The summed E-state index contributed by atoms with van der Waals surface area (Å²) in [7, 11) is 1.42. The average Bonchev–Trinajstić information content (AvgIpc) is 2.84. The molecule has 18 heavy (non-hydrogen) atoms. The Balaban J connectivity index is 1.94. The summed E-state index contributed by atoms with van der Waals surface area (Å²) in [6.07, 6.45) is 6.12. The first-order valence-electron chi connectivity index (χ1n) is 7.16. The molecule has 0 aliphatic carbocycles. The molecule has 0 unspecified atom stereocenters. The normalized spacial score (nSPS) is 31.7. The number of nitrogens with one attached hydrogen (secondary N) is 1. The van der Waals surface area contributed by atoms with Crippen LogP contribution in [0.2, 0.25) is 0 Å². The minimum Gasteiger partial charge on any atom is -0.453 e. The Labute approximate surface area is 110 Å². The van der Waals surface area contributed by atoms with Crippen LogP contribution in [0.5, 0.6) is 0 Å². The highest BCUT2D eigenvalue weighted by atomic mass is 16.5. The summed E-state index contributed by atoms with van der Waals surface area (Å²) in [5.74, 6) is 0.748. The van der Waals surface area contributed by atoms with Crippen LogP contribution in [-0.4, -0.2) is 42.8 Å². The molecule has 2 atom stereocenters. The van der Waals surface area contributed by atoms with Crippen molar-refractivity contribution in [2.45, 2.75) is 57.5 Å². The number of hydrogen-bond acceptors (Lipinski definition) is 3. The second-order valence-corrected chi connectivity index (χ2v) is 6.18. The summed E-state index contributed by atoms with van der Waals surface area (Å²) in [5, 5.41) is 2.85. The molecule has 2 fully saturated rings. The topological polar surface area (TPSA) is 41.6 Å². The van der Waals surface area contributed by atoms with E-state index in [1.165, 1.54) is 45.8 Å². The van der Waals surface area contributed by atoms with Crippen LogP contribution in [0.1, 0.15) is 46.0 Å². The van der Waals surface area contributed by atoms with E-state index in [9.17, 15) is 4.79 Å². The first-order chi connectivity index (χ1) is 8.57. The van der Waals surface area contributed by atoms with Crippen molar-refractivity contribution < 1.29 is 9.53 Å². The molecule has 0 aromatic heterocycles. The minimum atomic E-state index is -0.310.